The van der Waals surface area contributed by atoms with Gasteiger partial charge in [0.2, 0.25) is 5.91 Å². The van der Waals surface area contributed by atoms with Gasteiger partial charge in [0.15, 0.2) is 5.65 Å². The highest BCUT2D eigenvalue weighted by Crippen LogP contribution is 2.29. The Labute approximate surface area is 203 Å². The smallest absolute Gasteiger partial charge is 0.379 e. The van der Waals surface area contributed by atoms with Crippen molar-refractivity contribution in [3.8, 4) is 0 Å². The van der Waals surface area contributed by atoms with E-state index < -0.39 is 12.0 Å². The van der Waals surface area contributed by atoms with Crippen LogP contribution in [0.25, 0.3) is 5.65 Å². The molecule has 12 heteroatoms. The van der Waals surface area contributed by atoms with Crippen molar-refractivity contribution in [2.45, 2.75) is 51.7 Å². The first-order valence-corrected chi connectivity index (χ1v) is 12.5. The summed E-state index contributed by atoms with van der Waals surface area (Å²) in [5, 5.41) is 14.1. The molecule has 2 aromatic rings. The number of morpholine rings is 1. The van der Waals surface area contributed by atoms with Crippen LogP contribution >= 0.6 is 0 Å². The molecule has 1 unspecified atom stereocenters. The van der Waals surface area contributed by atoms with Gasteiger partial charge in [0.05, 0.1) is 13.2 Å². The molecule has 2 aliphatic rings. The van der Waals surface area contributed by atoms with E-state index in [0.29, 0.717) is 50.3 Å². The molecule has 2 aromatic heterocycles. The summed E-state index contributed by atoms with van der Waals surface area (Å²) in [6.07, 6.45) is -1.27. The fraction of sp³-hybridized carbons (Fsp3) is 0.739. The molecule has 4 heterocycles. The van der Waals surface area contributed by atoms with E-state index in [1.807, 2.05) is 4.90 Å². The number of halogens is 3. The summed E-state index contributed by atoms with van der Waals surface area (Å²) in [6, 6.07) is 3.42. The van der Waals surface area contributed by atoms with Gasteiger partial charge in [0.25, 0.3) is 5.82 Å². The zero-order valence-electron chi connectivity index (χ0n) is 20.3. The van der Waals surface area contributed by atoms with Gasteiger partial charge in [-0.2, -0.15) is 17.7 Å². The lowest BCUT2D eigenvalue weighted by molar-refractivity contribution is -0.146. The van der Waals surface area contributed by atoms with Gasteiger partial charge in [-0.15, -0.1) is 15.3 Å². The second-order valence-corrected chi connectivity index (χ2v) is 9.28. The van der Waals surface area contributed by atoms with Gasteiger partial charge in [-0.05, 0) is 30.9 Å². The highest BCUT2D eigenvalue weighted by molar-refractivity contribution is 5.79. The zero-order valence-corrected chi connectivity index (χ0v) is 20.3. The summed E-state index contributed by atoms with van der Waals surface area (Å²) >= 11 is 0. The van der Waals surface area contributed by atoms with Crippen molar-refractivity contribution in [1.82, 2.24) is 30.0 Å². The number of fused-ring (bicyclic) bond motifs is 1. The molecule has 1 N–H and O–H groups in total. The highest BCUT2D eigenvalue weighted by Gasteiger charge is 2.38. The Bertz CT molecular complexity index is 981. The molecule has 2 saturated heterocycles. The Hall–Kier alpha value is -2.47. The molecule has 1 atom stereocenters. The van der Waals surface area contributed by atoms with E-state index in [-0.39, 0.29) is 17.5 Å². The van der Waals surface area contributed by atoms with E-state index in [1.165, 1.54) is 6.07 Å². The van der Waals surface area contributed by atoms with Crippen molar-refractivity contribution in [3.63, 3.8) is 0 Å². The van der Waals surface area contributed by atoms with E-state index in [1.54, 1.807) is 6.07 Å². The van der Waals surface area contributed by atoms with Crippen molar-refractivity contribution < 1.29 is 22.7 Å². The Kier molecular flexibility index (Phi) is 8.10. The summed E-state index contributed by atoms with van der Waals surface area (Å²) in [5.74, 6) is -0.285. The number of hydrogen-bond acceptors (Lipinski definition) is 7. The number of carbonyl (C=O) groups is 1. The van der Waals surface area contributed by atoms with Crippen LogP contribution in [0, 0.1) is 11.8 Å². The van der Waals surface area contributed by atoms with Crippen LogP contribution in [-0.4, -0.2) is 82.6 Å². The number of ether oxygens (including phenoxy) is 1. The molecule has 0 radical (unpaired) electrons. The third-order valence-electron chi connectivity index (χ3n) is 7.29. The standard InChI is InChI=1S/C23H34F3N7O2/c1-3-16(4-2)18(31-11-13-35-14-12-31)15-27-21(34)17-7-9-32(10-8-17)20-6-5-19-28-29-22(23(24,25)26)33(19)30-20/h5-6,16-18H,3-4,7-15H2,1-2H3,(H,27,34). The van der Waals surface area contributed by atoms with E-state index >= 15 is 0 Å². The van der Waals surface area contributed by atoms with Gasteiger partial charge < -0.3 is 15.0 Å². The largest absolute Gasteiger partial charge is 0.453 e. The van der Waals surface area contributed by atoms with Crippen LogP contribution in [0.1, 0.15) is 45.4 Å². The van der Waals surface area contributed by atoms with Crippen molar-refractivity contribution in [2.24, 2.45) is 11.8 Å². The van der Waals surface area contributed by atoms with Gasteiger partial charge in [0, 0.05) is 44.7 Å². The number of carbonyl (C=O) groups excluding carboxylic acids is 1. The van der Waals surface area contributed by atoms with E-state index in [9.17, 15) is 18.0 Å². The van der Waals surface area contributed by atoms with Gasteiger partial charge in [-0.3, -0.25) is 9.69 Å². The van der Waals surface area contributed by atoms with Crippen molar-refractivity contribution in [1.29, 1.82) is 0 Å². The summed E-state index contributed by atoms with van der Waals surface area (Å²) in [4.78, 5) is 17.3. The molecule has 0 bridgehead atoms. The maximum atomic E-state index is 13.2. The number of piperidine rings is 1. The number of amides is 1. The lowest BCUT2D eigenvalue weighted by atomic mass is 9.91. The van der Waals surface area contributed by atoms with Gasteiger partial charge in [-0.1, -0.05) is 26.7 Å². The molecule has 35 heavy (non-hydrogen) atoms. The third kappa shape index (κ3) is 5.85. The quantitative estimate of drug-likeness (QED) is 0.600. The minimum absolute atomic E-state index is 0.0441. The maximum absolute atomic E-state index is 13.2. The van der Waals surface area contributed by atoms with Gasteiger partial charge >= 0.3 is 6.18 Å². The molecule has 194 valence electrons. The molecule has 4 rings (SSSR count). The second-order valence-electron chi connectivity index (χ2n) is 9.28. The first kappa shape index (κ1) is 25.6. The SMILES string of the molecule is CCC(CC)C(CNC(=O)C1CCN(c2ccc3nnc(C(F)(F)F)n3n2)CC1)N1CCOCC1. The predicted molar refractivity (Wildman–Crippen MR) is 124 cm³/mol. The number of hydrogen-bond donors (Lipinski definition) is 1. The van der Waals surface area contributed by atoms with E-state index in [4.69, 9.17) is 4.74 Å². The Morgan fingerprint density at radius 1 is 1.11 bits per heavy atom. The summed E-state index contributed by atoms with van der Waals surface area (Å²) in [6.45, 7) is 9.32. The number of nitrogens with one attached hydrogen (secondary N) is 1. The second kappa shape index (κ2) is 11.1. The molecule has 2 aliphatic heterocycles. The Morgan fingerprint density at radius 3 is 2.43 bits per heavy atom. The maximum Gasteiger partial charge on any atom is 0.453 e. The normalized spacial score (nSPS) is 19.4. The summed E-state index contributed by atoms with van der Waals surface area (Å²) in [5.41, 5.74) is 0.0441. The monoisotopic (exact) mass is 497 g/mol. The third-order valence-corrected chi connectivity index (χ3v) is 7.29. The average molecular weight is 498 g/mol. The zero-order chi connectivity index (χ0) is 25.0. The lowest BCUT2D eigenvalue weighted by Gasteiger charge is -2.39. The molecule has 2 fully saturated rings. The molecular formula is C23H34F3N7O2. The van der Waals surface area contributed by atoms with Crippen LogP contribution in [0.2, 0.25) is 0 Å². The first-order valence-electron chi connectivity index (χ1n) is 12.5. The molecular weight excluding hydrogens is 463 g/mol. The molecule has 0 aromatic carbocycles. The molecule has 9 nitrogen and oxygen atoms in total. The first-order chi connectivity index (χ1) is 16.8. The van der Waals surface area contributed by atoms with E-state index in [2.05, 4.69) is 39.4 Å². The molecule has 0 saturated carbocycles. The fourth-order valence-corrected chi connectivity index (χ4v) is 5.18. The average Bonchev–Trinajstić information content (AvgIpc) is 3.31. The number of aromatic nitrogens is 4. The molecule has 0 aliphatic carbocycles. The lowest BCUT2D eigenvalue weighted by Crippen LogP contribution is -2.53. The van der Waals surface area contributed by atoms with Crippen LogP contribution < -0.4 is 10.2 Å². The van der Waals surface area contributed by atoms with Crippen molar-refractivity contribution >= 4 is 17.4 Å². The Morgan fingerprint density at radius 2 is 1.80 bits per heavy atom. The van der Waals surface area contributed by atoms with Crippen LogP contribution in [0.3, 0.4) is 0 Å². The predicted octanol–water partition coefficient (Wildman–Crippen LogP) is 2.61. The van der Waals surface area contributed by atoms with E-state index in [0.717, 1.165) is 43.7 Å². The number of alkyl halides is 3. The van der Waals surface area contributed by atoms with Crippen molar-refractivity contribution in [2.75, 3.05) is 50.8 Å². The number of nitrogens with zero attached hydrogens (tertiary/aromatic N) is 6. The van der Waals surface area contributed by atoms with Crippen LogP contribution in [-0.2, 0) is 15.7 Å². The fourth-order valence-electron chi connectivity index (χ4n) is 5.18. The molecule has 0 spiro atoms. The van der Waals surface area contributed by atoms with Crippen LogP contribution in [0.15, 0.2) is 12.1 Å². The van der Waals surface area contributed by atoms with Gasteiger partial charge in [-0.25, -0.2) is 0 Å². The topological polar surface area (TPSA) is 87.9 Å². The van der Waals surface area contributed by atoms with Crippen LogP contribution in [0.5, 0.6) is 0 Å². The van der Waals surface area contributed by atoms with Gasteiger partial charge in [0.1, 0.15) is 5.82 Å². The Balaban J connectivity index is 1.34. The number of anilines is 1. The highest BCUT2D eigenvalue weighted by atomic mass is 19.4. The minimum atomic E-state index is -4.64. The number of rotatable bonds is 8. The summed E-state index contributed by atoms with van der Waals surface area (Å²) < 4.78 is 45.8. The molecule has 1 amide bonds. The minimum Gasteiger partial charge on any atom is -0.379 e. The van der Waals surface area contributed by atoms with Crippen molar-refractivity contribution in [3.05, 3.63) is 18.0 Å². The summed E-state index contributed by atoms with van der Waals surface area (Å²) in [7, 11) is 0. The van der Waals surface area contributed by atoms with Crippen LogP contribution in [0.4, 0.5) is 19.0 Å².